The third-order valence-corrected chi connectivity index (χ3v) is 2.24. The normalized spacial score (nSPS) is 12.6. The molecular weight excluding hydrogens is 200 g/mol. The van der Waals surface area contributed by atoms with Crippen LogP contribution in [0.25, 0.3) is 0 Å². The van der Waals surface area contributed by atoms with Gasteiger partial charge in [0.1, 0.15) is 6.04 Å². The lowest BCUT2D eigenvalue weighted by Gasteiger charge is -2.10. The molecule has 0 aromatic carbocycles. The monoisotopic (exact) mass is 208 g/mol. The smallest absolute Gasteiger partial charge is 0.109 e. The van der Waals surface area contributed by atoms with Gasteiger partial charge in [-0.1, -0.05) is 4.49 Å². The van der Waals surface area contributed by atoms with Gasteiger partial charge in [-0.15, -0.1) is 5.10 Å². The molecule has 0 saturated carbocycles. The molecule has 14 heavy (non-hydrogen) atoms. The Hall–Kier alpha value is -1.44. The molecule has 0 bridgehead atoms. The molecule has 72 valence electrons. The van der Waals surface area contributed by atoms with E-state index in [9.17, 15) is 0 Å². The molecule has 0 fully saturated rings. The van der Waals surface area contributed by atoms with Crippen molar-refractivity contribution in [3.05, 3.63) is 35.4 Å². The largest absolute Gasteiger partial charge is 0.270 e. The van der Waals surface area contributed by atoms with Crippen molar-refractivity contribution in [3.63, 3.8) is 0 Å². The van der Waals surface area contributed by atoms with Crippen molar-refractivity contribution < 1.29 is 0 Å². The van der Waals surface area contributed by atoms with Gasteiger partial charge in [0, 0.05) is 17.8 Å². The van der Waals surface area contributed by atoms with Gasteiger partial charge < -0.3 is 0 Å². The van der Waals surface area contributed by atoms with Crippen molar-refractivity contribution in [1.29, 1.82) is 0 Å². The molecule has 0 amide bonds. The van der Waals surface area contributed by atoms with Gasteiger partial charge in [0.15, 0.2) is 0 Å². The fourth-order valence-electron chi connectivity index (χ4n) is 1.08. The number of rotatable bonds is 3. The molecule has 0 aliphatic rings. The minimum Gasteiger partial charge on any atom is -0.270 e. The number of nitrogens with two attached hydrogens (primary N) is 1. The highest BCUT2D eigenvalue weighted by Crippen LogP contribution is 2.16. The Morgan fingerprint density at radius 3 is 2.86 bits per heavy atom. The molecule has 1 atom stereocenters. The first-order valence-corrected chi connectivity index (χ1v) is 4.74. The lowest BCUT2D eigenvalue weighted by Crippen LogP contribution is -2.29. The van der Waals surface area contributed by atoms with Crippen LogP contribution in [0.4, 0.5) is 0 Å². The van der Waals surface area contributed by atoms with Crippen LogP contribution in [0, 0.1) is 0 Å². The topological polar surface area (TPSA) is 89.6 Å². The van der Waals surface area contributed by atoms with Crippen LogP contribution in [-0.4, -0.2) is 19.6 Å². The summed E-state index contributed by atoms with van der Waals surface area (Å²) < 4.78 is 3.76. The average Bonchev–Trinajstić information content (AvgIpc) is 2.74. The Morgan fingerprint density at radius 2 is 2.29 bits per heavy atom. The summed E-state index contributed by atoms with van der Waals surface area (Å²) in [5.74, 6) is 5.42. The zero-order valence-electron chi connectivity index (χ0n) is 7.16. The Labute approximate surface area is 84.3 Å². The van der Waals surface area contributed by atoms with Gasteiger partial charge in [-0.3, -0.25) is 15.8 Å². The number of nitrogens with zero attached hydrogens (tertiary/aromatic N) is 4. The highest BCUT2D eigenvalue weighted by atomic mass is 32.1. The number of hydrogen-bond donors (Lipinski definition) is 2. The van der Waals surface area contributed by atoms with Crippen LogP contribution in [0.3, 0.4) is 0 Å². The van der Waals surface area contributed by atoms with Crippen molar-refractivity contribution in [3.8, 4) is 0 Å². The van der Waals surface area contributed by atoms with E-state index < -0.39 is 0 Å². The van der Waals surface area contributed by atoms with Crippen molar-refractivity contribution in [2.24, 2.45) is 5.84 Å². The molecule has 0 saturated heterocycles. The SMILES string of the molecule is NNC(c1cnccn1)c1csnn1. The van der Waals surface area contributed by atoms with Crippen LogP contribution in [0.5, 0.6) is 0 Å². The van der Waals surface area contributed by atoms with Crippen LogP contribution >= 0.6 is 11.5 Å². The molecule has 0 aliphatic carbocycles. The zero-order valence-corrected chi connectivity index (χ0v) is 7.98. The van der Waals surface area contributed by atoms with Gasteiger partial charge >= 0.3 is 0 Å². The minimum atomic E-state index is -0.248. The Morgan fingerprint density at radius 1 is 1.36 bits per heavy atom. The number of hydrazine groups is 1. The number of nitrogens with one attached hydrogen (secondary N) is 1. The Kier molecular flexibility index (Phi) is 2.73. The maximum absolute atomic E-state index is 5.42. The van der Waals surface area contributed by atoms with Crippen LogP contribution in [0.15, 0.2) is 24.0 Å². The maximum atomic E-state index is 5.42. The van der Waals surface area contributed by atoms with Gasteiger partial charge in [-0.25, -0.2) is 5.43 Å². The molecule has 2 rings (SSSR count). The van der Waals surface area contributed by atoms with Crippen LogP contribution in [0.1, 0.15) is 17.4 Å². The van der Waals surface area contributed by atoms with Crippen molar-refractivity contribution in [2.75, 3.05) is 0 Å². The lowest BCUT2D eigenvalue weighted by molar-refractivity contribution is 0.601. The van der Waals surface area contributed by atoms with Crippen LogP contribution < -0.4 is 11.3 Å². The summed E-state index contributed by atoms with van der Waals surface area (Å²) in [6.45, 7) is 0. The molecule has 7 heteroatoms. The van der Waals surface area contributed by atoms with E-state index in [4.69, 9.17) is 5.84 Å². The van der Waals surface area contributed by atoms with Crippen molar-refractivity contribution in [1.82, 2.24) is 25.0 Å². The number of aromatic nitrogens is 4. The second kappa shape index (κ2) is 4.18. The van der Waals surface area contributed by atoms with E-state index in [0.717, 1.165) is 11.4 Å². The molecule has 6 nitrogen and oxygen atoms in total. The van der Waals surface area contributed by atoms with Gasteiger partial charge in [-0.05, 0) is 11.5 Å². The first-order chi connectivity index (χ1) is 6.92. The first-order valence-electron chi connectivity index (χ1n) is 3.91. The number of hydrogen-bond acceptors (Lipinski definition) is 7. The molecule has 1 unspecified atom stereocenters. The Balaban J connectivity index is 2.31. The lowest BCUT2D eigenvalue weighted by atomic mass is 10.2. The van der Waals surface area contributed by atoms with E-state index in [1.54, 1.807) is 18.6 Å². The van der Waals surface area contributed by atoms with Crippen LogP contribution in [-0.2, 0) is 0 Å². The predicted octanol–water partition coefficient (Wildman–Crippen LogP) is -0.119. The average molecular weight is 208 g/mol. The molecule has 2 aromatic heterocycles. The molecule has 2 aromatic rings. The van der Waals surface area contributed by atoms with E-state index >= 15 is 0 Å². The molecule has 0 spiro atoms. The fraction of sp³-hybridized carbons (Fsp3) is 0.143. The van der Waals surface area contributed by atoms with Gasteiger partial charge in [0.25, 0.3) is 0 Å². The molecule has 0 aliphatic heterocycles. The summed E-state index contributed by atoms with van der Waals surface area (Å²) in [5, 5.41) is 5.74. The molecule has 2 heterocycles. The van der Waals surface area contributed by atoms with Crippen molar-refractivity contribution >= 4 is 11.5 Å². The summed E-state index contributed by atoms with van der Waals surface area (Å²) in [6, 6.07) is -0.248. The molecule has 0 radical (unpaired) electrons. The van der Waals surface area contributed by atoms with Gasteiger partial charge in [0.05, 0.1) is 17.6 Å². The summed E-state index contributed by atoms with van der Waals surface area (Å²) >= 11 is 1.27. The second-order valence-electron chi connectivity index (χ2n) is 2.56. The van der Waals surface area contributed by atoms with E-state index in [1.165, 1.54) is 11.5 Å². The molecular formula is C7H8N6S. The molecule has 3 N–H and O–H groups in total. The first kappa shape index (κ1) is 9.13. The zero-order chi connectivity index (χ0) is 9.80. The summed E-state index contributed by atoms with van der Waals surface area (Å²) in [5.41, 5.74) is 4.10. The Bertz CT molecular complexity index is 374. The van der Waals surface area contributed by atoms with E-state index in [-0.39, 0.29) is 6.04 Å². The standard InChI is InChI=1S/C7H8N6S/c8-11-7(6-4-14-13-12-6)5-3-9-1-2-10-5/h1-4,7,11H,8H2. The second-order valence-corrected chi connectivity index (χ2v) is 3.17. The van der Waals surface area contributed by atoms with Gasteiger partial charge in [0.2, 0.25) is 0 Å². The predicted molar refractivity (Wildman–Crippen MR) is 51.1 cm³/mol. The maximum Gasteiger partial charge on any atom is 0.109 e. The third kappa shape index (κ3) is 1.74. The van der Waals surface area contributed by atoms with Crippen LogP contribution in [0.2, 0.25) is 0 Å². The van der Waals surface area contributed by atoms with E-state index in [0.29, 0.717) is 0 Å². The fourth-order valence-corrected chi connectivity index (χ4v) is 1.56. The highest BCUT2D eigenvalue weighted by molar-refractivity contribution is 7.03. The van der Waals surface area contributed by atoms with E-state index in [2.05, 4.69) is 25.0 Å². The van der Waals surface area contributed by atoms with Gasteiger partial charge in [-0.2, -0.15) is 0 Å². The highest BCUT2D eigenvalue weighted by Gasteiger charge is 2.16. The quantitative estimate of drug-likeness (QED) is 0.540. The minimum absolute atomic E-state index is 0.248. The van der Waals surface area contributed by atoms with Crippen molar-refractivity contribution in [2.45, 2.75) is 6.04 Å². The summed E-state index contributed by atoms with van der Waals surface area (Å²) in [6.07, 6.45) is 4.86. The third-order valence-electron chi connectivity index (χ3n) is 1.72. The summed E-state index contributed by atoms with van der Waals surface area (Å²) in [4.78, 5) is 8.10. The summed E-state index contributed by atoms with van der Waals surface area (Å²) in [7, 11) is 0. The van der Waals surface area contributed by atoms with E-state index in [1.807, 2.05) is 5.38 Å².